The first kappa shape index (κ1) is 55.1. The van der Waals surface area contributed by atoms with Crippen LogP contribution in [0.25, 0.3) is 0 Å². The molecule has 21 heteroatoms. The van der Waals surface area contributed by atoms with E-state index in [0.29, 0.717) is 65.4 Å². The molecule has 3 atom stereocenters. The van der Waals surface area contributed by atoms with Crippen molar-refractivity contribution in [3.63, 3.8) is 0 Å². The van der Waals surface area contributed by atoms with Crippen molar-refractivity contribution in [1.82, 2.24) is 26.6 Å². The maximum atomic E-state index is 12.3. The predicted octanol–water partition coefficient (Wildman–Crippen LogP) is 1.10. The quantitative estimate of drug-likeness (QED) is 0.0307. The number of aliphatic carboxylic acids is 4. The number of carbonyl (C=O) groups excluding carboxylic acids is 5. The van der Waals surface area contributed by atoms with E-state index in [1.807, 2.05) is 5.32 Å². The molecule has 0 aromatic carbocycles. The van der Waals surface area contributed by atoms with Gasteiger partial charge in [0.25, 0.3) is 0 Å². The smallest absolute Gasteiger partial charge is 0.326 e. The molecular formula is C39H67N5O16. The lowest BCUT2D eigenvalue weighted by Crippen LogP contribution is -2.50. The lowest BCUT2D eigenvalue weighted by atomic mass is 10.0. The number of rotatable bonds is 42. The fourth-order valence-corrected chi connectivity index (χ4v) is 5.59. The van der Waals surface area contributed by atoms with E-state index >= 15 is 0 Å². The Labute approximate surface area is 350 Å². The van der Waals surface area contributed by atoms with Crippen LogP contribution in [-0.4, -0.2) is 145 Å². The summed E-state index contributed by atoms with van der Waals surface area (Å²) < 4.78 is 16.3. The highest BCUT2D eigenvalue weighted by Gasteiger charge is 2.27. The first-order chi connectivity index (χ1) is 28.8. The van der Waals surface area contributed by atoms with E-state index in [9.17, 15) is 53.4 Å². The Morgan fingerprint density at radius 3 is 1.28 bits per heavy atom. The van der Waals surface area contributed by atoms with E-state index in [4.69, 9.17) is 24.4 Å². The van der Waals surface area contributed by atoms with E-state index in [1.165, 1.54) is 0 Å². The van der Waals surface area contributed by atoms with Crippen LogP contribution in [0.15, 0.2) is 0 Å². The summed E-state index contributed by atoms with van der Waals surface area (Å²) in [6.45, 7) is 2.54. The molecule has 60 heavy (non-hydrogen) atoms. The highest BCUT2D eigenvalue weighted by atomic mass is 16.5. The summed E-state index contributed by atoms with van der Waals surface area (Å²) in [5.74, 6) is -6.87. The van der Waals surface area contributed by atoms with Gasteiger partial charge in [0.15, 0.2) is 0 Å². The maximum Gasteiger partial charge on any atom is 0.326 e. The van der Waals surface area contributed by atoms with Gasteiger partial charge in [0.2, 0.25) is 30.0 Å². The van der Waals surface area contributed by atoms with Crippen LogP contribution in [0.4, 0.5) is 0 Å². The number of hydrogen-bond donors (Lipinski definition) is 9. The average molecular weight is 862 g/mol. The molecule has 0 saturated heterocycles. The maximum absolute atomic E-state index is 12.3. The zero-order valence-corrected chi connectivity index (χ0v) is 34.6. The first-order valence-corrected chi connectivity index (χ1v) is 20.7. The standard InChI is InChI=1S/C39H67N5O16/c45-28-42-31(27-36(51)52)37(53)44-30(39(56)57)16-18-33(47)41-20-12-22-59-24-26-60-25-23-58-21-11-19-40-32(46)17-15-29(38(54)55)43-34(48)13-9-7-5-3-1-2-4-6-8-10-14-35(49)50/h28-31H,1-27H2,(H,40,46)(H,41,47)(H,42,45)(H,43,48)(H,44,53)(H,49,50)(H,51,52)(H,54,55)(H,56,57)/t29-,30?,31-/m0/s1. The Balaban J connectivity index is 3.81. The van der Waals surface area contributed by atoms with Crippen LogP contribution in [0, 0.1) is 0 Å². The molecule has 1 unspecified atom stereocenters. The Morgan fingerprint density at radius 2 is 0.867 bits per heavy atom. The molecule has 0 spiro atoms. The third-order valence-electron chi connectivity index (χ3n) is 8.90. The fourth-order valence-electron chi connectivity index (χ4n) is 5.59. The van der Waals surface area contributed by atoms with Gasteiger partial charge in [0.05, 0.1) is 32.8 Å². The molecule has 0 aliphatic rings. The van der Waals surface area contributed by atoms with Crippen LogP contribution in [0.3, 0.4) is 0 Å². The van der Waals surface area contributed by atoms with Crippen molar-refractivity contribution in [2.24, 2.45) is 0 Å². The van der Waals surface area contributed by atoms with Crippen molar-refractivity contribution >= 4 is 53.9 Å². The van der Waals surface area contributed by atoms with E-state index in [0.717, 1.165) is 57.8 Å². The lowest BCUT2D eigenvalue weighted by molar-refractivity contribution is -0.143. The number of carboxylic acids is 4. The molecule has 0 aliphatic carbocycles. The summed E-state index contributed by atoms with van der Waals surface area (Å²) in [6.07, 6.45) is 9.86. The highest BCUT2D eigenvalue weighted by molar-refractivity contribution is 5.91. The Bertz CT molecular complexity index is 1290. The lowest BCUT2D eigenvalue weighted by Gasteiger charge is -2.18. The molecule has 21 nitrogen and oxygen atoms in total. The first-order valence-electron chi connectivity index (χ1n) is 20.7. The Kier molecular flexibility index (Phi) is 34.1. The summed E-state index contributed by atoms with van der Waals surface area (Å²) in [4.78, 5) is 104. The van der Waals surface area contributed by atoms with Crippen molar-refractivity contribution in [3.05, 3.63) is 0 Å². The van der Waals surface area contributed by atoms with Gasteiger partial charge in [-0.2, -0.15) is 0 Å². The molecule has 5 amide bonds. The van der Waals surface area contributed by atoms with Gasteiger partial charge in [-0.15, -0.1) is 0 Å². The van der Waals surface area contributed by atoms with Gasteiger partial charge >= 0.3 is 23.9 Å². The number of unbranched alkanes of at least 4 members (excludes halogenated alkanes) is 9. The molecule has 0 saturated carbocycles. The molecular weight excluding hydrogens is 794 g/mol. The third-order valence-corrected chi connectivity index (χ3v) is 8.90. The second kappa shape index (κ2) is 37.1. The molecule has 0 fully saturated rings. The van der Waals surface area contributed by atoms with E-state index in [-0.39, 0.29) is 63.3 Å². The van der Waals surface area contributed by atoms with Crippen molar-refractivity contribution in [2.45, 2.75) is 140 Å². The molecule has 9 N–H and O–H groups in total. The van der Waals surface area contributed by atoms with Crippen LogP contribution in [0.1, 0.15) is 122 Å². The van der Waals surface area contributed by atoms with E-state index in [1.54, 1.807) is 0 Å². The van der Waals surface area contributed by atoms with Crippen LogP contribution in [0.5, 0.6) is 0 Å². The summed E-state index contributed by atoms with van der Waals surface area (Å²) in [5, 5.41) is 48.3. The zero-order chi connectivity index (χ0) is 44.8. The van der Waals surface area contributed by atoms with Crippen molar-refractivity contribution < 1.29 is 77.8 Å². The van der Waals surface area contributed by atoms with Gasteiger partial charge in [0, 0.05) is 52.0 Å². The fraction of sp³-hybridized carbons (Fsp3) is 0.769. The van der Waals surface area contributed by atoms with E-state index in [2.05, 4.69) is 21.3 Å². The summed E-state index contributed by atoms with van der Waals surface area (Å²) in [5.41, 5.74) is 0. The number of ether oxygens (including phenoxy) is 3. The summed E-state index contributed by atoms with van der Waals surface area (Å²) >= 11 is 0. The molecule has 0 aromatic heterocycles. The van der Waals surface area contributed by atoms with Gasteiger partial charge in [-0.1, -0.05) is 51.4 Å². The van der Waals surface area contributed by atoms with Gasteiger partial charge < -0.3 is 61.2 Å². The largest absolute Gasteiger partial charge is 0.481 e. The van der Waals surface area contributed by atoms with Crippen molar-refractivity contribution in [3.8, 4) is 0 Å². The molecule has 0 aromatic rings. The molecule has 0 aliphatic heterocycles. The van der Waals surface area contributed by atoms with Crippen LogP contribution >= 0.6 is 0 Å². The number of hydrogen-bond acceptors (Lipinski definition) is 12. The minimum Gasteiger partial charge on any atom is -0.481 e. The predicted molar refractivity (Wildman–Crippen MR) is 214 cm³/mol. The van der Waals surface area contributed by atoms with Crippen LogP contribution < -0.4 is 26.6 Å². The molecule has 0 radical (unpaired) electrons. The second-order valence-electron chi connectivity index (χ2n) is 14.0. The zero-order valence-electron chi connectivity index (χ0n) is 34.6. The number of nitrogens with one attached hydrogen (secondary N) is 5. The molecule has 0 bridgehead atoms. The van der Waals surface area contributed by atoms with Gasteiger partial charge in [-0.25, -0.2) is 9.59 Å². The summed E-state index contributed by atoms with van der Waals surface area (Å²) in [6, 6.07) is -4.08. The minimum atomic E-state index is -1.47. The normalized spacial score (nSPS) is 12.3. The van der Waals surface area contributed by atoms with Crippen LogP contribution in [0.2, 0.25) is 0 Å². The second-order valence-corrected chi connectivity index (χ2v) is 14.0. The molecule has 344 valence electrons. The number of carbonyl (C=O) groups is 9. The molecule has 0 rings (SSSR count). The third kappa shape index (κ3) is 34.0. The van der Waals surface area contributed by atoms with Crippen molar-refractivity contribution in [1.29, 1.82) is 0 Å². The number of amides is 5. The van der Waals surface area contributed by atoms with Gasteiger partial charge in [-0.05, 0) is 38.5 Å². The highest BCUT2D eigenvalue weighted by Crippen LogP contribution is 2.12. The Hall–Kier alpha value is -4.89. The molecule has 0 heterocycles. The SMILES string of the molecule is O=CN[C@@H](CC(=O)O)C(=O)NC(CCC(=O)NCCCOCCOCCOCCCNC(=O)CC[C@H](NC(=O)CCCCCCCCCCCCC(=O)O)C(=O)O)C(=O)O. The van der Waals surface area contributed by atoms with Crippen LogP contribution in [-0.2, 0) is 57.4 Å². The van der Waals surface area contributed by atoms with Gasteiger partial charge in [0.1, 0.15) is 18.1 Å². The van der Waals surface area contributed by atoms with Gasteiger partial charge in [-0.3, -0.25) is 33.6 Å². The minimum absolute atomic E-state index is 0.0251. The topological polar surface area (TPSA) is 322 Å². The number of carboxylic acid groups (broad SMARTS) is 4. The Morgan fingerprint density at radius 1 is 0.450 bits per heavy atom. The average Bonchev–Trinajstić information content (AvgIpc) is 3.19. The monoisotopic (exact) mass is 861 g/mol. The van der Waals surface area contributed by atoms with E-state index < -0.39 is 60.2 Å². The summed E-state index contributed by atoms with van der Waals surface area (Å²) in [7, 11) is 0. The van der Waals surface area contributed by atoms with Crippen molar-refractivity contribution in [2.75, 3.05) is 52.7 Å².